The van der Waals surface area contributed by atoms with E-state index in [1.165, 1.54) is 6.92 Å². The summed E-state index contributed by atoms with van der Waals surface area (Å²) in [5, 5.41) is 8.76. The predicted octanol–water partition coefficient (Wildman–Crippen LogP) is 1.96. The second kappa shape index (κ2) is 4.95. The quantitative estimate of drug-likeness (QED) is 0.909. The van der Waals surface area contributed by atoms with E-state index in [2.05, 4.69) is 0 Å². The van der Waals surface area contributed by atoms with Gasteiger partial charge < -0.3 is 10.0 Å². The Bertz CT molecular complexity index is 541. The van der Waals surface area contributed by atoms with Crippen molar-refractivity contribution in [1.82, 2.24) is 4.90 Å². The molecule has 0 saturated heterocycles. The van der Waals surface area contributed by atoms with Crippen molar-refractivity contribution in [3.05, 3.63) is 34.9 Å². The molecule has 0 atom stereocenters. The zero-order valence-corrected chi connectivity index (χ0v) is 10.3. The summed E-state index contributed by atoms with van der Waals surface area (Å²) in [5.74, 6) is -3.47. The number of carbonyl (C=O) groups excluding carboxylic acids is 1. The summed E-state index contributed by atoms with van der Waals surface area (Å²) in [6.07, 6.45) is 1.38. The highest BCUT2D eigenvalue weighted by Crippen LogP contribution is 2.29. The normalized spacial score (nSPS) is 14.3. The van der Waals surface area contributed by atoms with Gasteiger partial charge in [-0.25, -0.2) is 8.78 Å². The number of benzene rings is 1. The number of hydrogen-bond donors (Lipinski definition) is 1. The van der Waals surface area contributed by atoms with Gasteiger partial charge in [-0.05, 0) is 37.5 Å². The number of carboxylic acids is 1. The minimum absolute atomic E-state index is 0.102. The number of aliphatic carboxylic acids is 1. The Morgan fingerprint density at radius 2 is 1.95 bits per heavy atom. The highest BCUT2D eigenvalue weighted by Gasteiger charge is 2.35. The van der Waals surface area contributed by atoms with Crippen LogP contribution in [0.1, 0.15) is 28.8 Å². The van der Waals surface area contributed by atoms with Crippen LogP contribution in [0.15, 0.2) is 12.1 Å². The lowest BCUT2D eigenvalue weighted by molar-refractivity contribution is -0.137. The van der Waals surface area contributed by atoms with Gasteiger partial charge in [-0.1, -0.05) is 0 Å². The Morgan fingerprint density at radius 3 is 2.47 bits per heavy atom. The van der Waals surface area contributed by atoms with Crippen LogP contribution in [-0.4, -0.2) is 34.5 Å². The number of halogens is 2. The van der Waals surface area contributed by atoms with Crippen molar-refractivity contribution in [1.29, 1.82) is 0 Å². The summed E-state index contributed by atoms with van der Waals surface area (Å²) in [7, 11) is 0. The number of hydrogen-bond acceptors (Lipinski definition) is 2. The molecular weight excluding hydrogens is 256 g/mol. The van der Waals surface area contributed by atoms with E-state index in [0.29, 0.717) is 12.8 Å². The van der Waals surface area contributed by atoms with E-state index >= 15 is 0 Å². The van der Waals surface area contributed by atoms with E-state index < -0.39 is 35.6 Å². The maximum atomic E-state index is 13.7. The van der Waals surface area contributed by atoms with Crippen molar-refractivity contribution in [2.75, 3.05) is 6.54 Å². The van der Waals surface area contributed by atoms with Crippen molar-refractivity contribution >= 4 is 11.9 Å². The van der Waals surface area contributed by atoms with Crippen LogP contribution < -0.4 is 0 Å². The van der Waals surface area contributed by atoms with Gasteiger partial charge >= 0.3 is 5.97 Å². The summed E-state index contributed by atoms with van der Waals surface area (Å²) >= 11 is 0. The second-order valence-electron chi connectivity index (χ2n) is 4.64. The number of carbonyl (C=O) groups is 2. The van der Waals surface area contributed by atoms with Gasteiger partial charge in [0.2, 0.25) is 0 Å². The molecule has 1 N–H and O–H groups in total. The van der Waals surface area contributed by atoms with Gasteiger partial charge in [0.05, 0.1) is 5.56 Å². The summed E-state index contributed by atoms with van der Waals surface area (Å²) in [5.41, 5.74) is -0.318. The molecule has 0 aliphatic heterocycles. The van der Waals surface area contributed by atoms with Crippen molar-refractivity contribution in [2.45, 2.75) is 25.8 Å². The molecule has 102 valence electrons. The first-order chi connectivity index (χ1) is 8.90. The number of aryl methyl sites for hydroxylation is 1. The van der Waals surface area contributed by atoms with Crippen LogP contribution in [0.2, 0.25) is 0 Å². The molecule has 6 heteroatoms. The molecule has 0 bridgehead atoms. The van der Waals surface area contributed by atoms with Gasteiger partial charge in [0.15, 0.2) is 0 Å². The molecule has 1 fully saturated rings. The van der Waals surface area contributed by atoms with E-state index in [4.69, 9.17) is 5.11 Å². The summed E-state index contributed by atoms with van der Waals surface area (Å²) in [4.78, 5) is 23.9. The lowest BCUT2D eigenvalue weighted by Gasteiger charge is -2.20. The number of carboxylic acid groups (broad SMARTS) is 1. The third kappa shape index (κ3) is 2.89. The number of nitrogens with zero attached hydrogens (tertiary/aromatic N) is 1. The lowest BCUT2D eigenvalue weighted by atomic mass is 10.1. The van der Waals surface area contributed by atoms with Crippen molar-refractivity contribution in [3.63, 3.8) is 0 Å². The van der Waals surface area contributed by atoms with Crippen molar-refractivity contribution in [3.8, 4) is 0 Å². The van der Waals surface area contributed by atoms with Crippen LogP contribution in [0, 0.1) is 18.6 Å². The Hall–Kier alpha value is -1.98. The predicted molar refractivity (Wildman–Crippen MR) is 62.8 cm³/mol. The Morgan fingerprint density at radius 1 is 1.32 bits per heavy atom. The van der Waals surface area contributed by atoms with Crippen molar-refractivity contribution < 1.29 is 23.5 Å². The molecule has 1 aromatic rings. The number of amides is 1. The molecule has 1 aliphatic rings. The average Bonchev–Trinajstić information content (AvgIpc) is 3.14. The molecule has 19 heavy (non-hydrogen) atoms. The standard InChI is InChI=1S/C13H13F2NO3/c1-7-4-11(15)9(5-10(7)14)13(19)16(6-12(17)18)8-2-3-8/h4-5,8H,2-3,6H2,1H3,(H,17,18). The first-order valence-electron chi connectivity index (χ1n) is 5.88. The van der Waals surface area contributed by atoms with Gasteiger partial charge in [0.1, 0.15) is 18.2 Å². The summed E-state index contributed by atoms with van der Waals surface area (Å²) < 4.78 is 27.1. The van der Waals surface area contributed by atoms with E-state index in [1.807, 2.05) is 0 Å². The molecule has 0 heterocycles. The summed E-state index contributed by atoms with van der Waals surface area (Å²) in [6.45, 7) is 0.890. The fourth-order valence-electron chi connectivity index (χ4n) is 1.86. The lowest BCUT2D eigenvalue weighted by Crippen LogP contribution is -2.38. The fourth-order valence-corrected chi connectivity index (χ4v) is 1.86. The van der Waals surface area contributed by atoms with Crippen LogP contribution in [0.25, 0.3) is 0 Å². The maximum Gasteiger partial charge on any atom is 0.323 e. The van der Waals surface area contributed by atoms with Crippen LogP contribution >= 0.6 is 0 Å². The van der Waals surface area contributed by atoms with E-state index in [-0.39, 0.29) is 11.6 Å². The Balaban J connectivity index is 2.31. The van der Waals surface area contributed by atoms with Gasteiger partial charge in [0, 0.05) is 6.04 Å². The van der Waals surface area contributed by atoms with E-state index in [9.17, 15) is 18.4 Å². The average molecular weight is 269 g/mol. The monoisotopic (exact) mass is 269 g/mol. The Kier molecular flexibility index (Phi) is 3.50. The topological polar surface area (TPSA) is 57.6 Å². The third-order valence-electron chi connectivity index (χ3n) is 3.03. The fraction of sp³-hybridized carbons (Fsp3) is 0.385. The number of rotatable bonds is 4. The second-order valence-corrected chi connectivity index (χ2v) is 4.64. The van der Waals surface area contributed by atoms with Crippen LogP contribution in [0.3, 0.4) is 0 Å². The molecule has 2 rings (SSSR count). The van der Waals surface area contributed by atoms with Crippen LogP contribution in [0.4, 0.5) is 8.78 Å². The molecule has 4 nitrogen and oxygen atoms in total. The Labute approximate surface area is 108 Å². The molecule has 1 amide bonds. The molecule has 0 unspecified atom stereocenters. The molecule has 1 aromatic carbocycles. The van der Waals surface area contributed by atoms with Crippen molar-refractivity contribution in [2.24, 2.45) is 0 Å². The smallest absolute Gasteiger partial charge is 0.323 e. The van der Waals surface area contributed by atoms with Gasteiger partial charge in [-0.2, -0.15) is 0 Å². The minimum atomic E-state index is -1.17. The molecule has 0 spiro atoms. The molecule has 1 saturated carbocycles. The SMILES string of the molecule is Cc1cc(F)c(C(=O)N(CC(=O)O)C2CC2)cc1F. The van der Waals surface area contributed by atoms with Gasteiger partial charge in [-0.15, -0.1) is 0 Å². The van der Waals surface area contributed by atoms with E-state index in [1.54, 1.807) is 0 Å². The molecular formula is C13H13F2NO3. The van der Waals surface area contributed by atoms with E-state index in [0.717, 1.165) is 17.0 Å². The third-order valence-corrected chi connectivity index (χ3v) is 3.03. The molecule has 0 aromatic heterocycles. The molecule has 0 radical (unpaired) electrons. The van der Waals surface area contributed by atoms with Crippen LogP contribution in [0.5, 0.6) is 0 Å². The maximum absolute atomic E-state index is 13.7. The first kappa shape index (κ1) is 13.5. The zero-order valence-electron chi connectivity index (χ0n) is 10.3. The zero-order chi connectivity index (χ0) is 14.2. The van der Waals surface area contributed by atoms with Crippen LogP contribution in [-0.2, 0) is 4.79 Å². The summed E-state index contributed by atoms with van der Waals surface area (Å²) in [6, 6.07) is 1.57. The van der Waals surface area contributed by atoms with Gasteiger partial charge in [-0.3, -0.25) is 9.59 Å². The highest BCUT2D eigenvalue weighted by molar-refractivity contribution is 5.96. The van der Waals surface area contributed by atoms with Gasteiger partial charge in [0.25, 0.3) is 5.91 Å². The minimum Gasteiger partial charge on any atom is -0.480 e. The largest absolute Gasteiger partial charge is 0.480 e. The highest BCUT2D eigenvalue weighted by atomic mass is 19.1. The first-order valence-corrected chi connectivity index (χ1v) is 5.88. The molecule has 1 aliphatic carbocycles.